The SMILES string of the molecule is CCCC(=O)O[C@@H]1[C@H](O)[C@H]2C(C)(C)CCC[C@]2(C)[C@H]2CC[C@@H](C(=O)OC)[C@@H](C=O)[C@]12C=O. The molecule has 0 saturated heterocycles. The number of methoxy groups -OCH3 is 1. The molecule has 32 heavy (non-hydrogen) atoms. The van der Waals surface area contributed by atoms with Crippen LogP contribution in [0, 0.1) is 39.9 Å². The van der Waals surface area contributed by atoms with Crippen LogP contribution in [0.2, 0.25) is 0 Å². The molecule has 0 bridgehead atoms. The molecule has 180 valence electrons. The van der Waals surface area contributed by atoms with Crippen LogP contribution in [0.15, 0.2) is 0 Å². The lowest BCUT2D eigenvalue weighted by atomic mass is 9.37. The zero-order valence-corrected chi connectivity index (χ0v) is 20.0. The van der Waals surface area contributed by atoms with E-state index in [2.05, 4.69) is 20.8 Å². The van der Waals surface area contributed by atoms with Gasteiger partial charge in [-0.1, -0.05) is 34.1 Å². The largest absolute Gasteiger partial charge is 0.469 e. The maximum Gasteiger partial charge on any atom is 0.309 e. The molecule has 0 amide bonds. The van der Waals surface area contributed by atoms with E-state index >= 15 is 0 Å². The van der Waals surface area contributed by atoms with Gasteiger partial charge in [-0.15, -0.1) is 0 Å². The maximum absolute atomic E-state index is 13.0. The number of aliphatic hydroxyl groups is 1. The predicted molar refractivity (Wildman–Crippen MR) is 116 cm³/mol. The van der Waals surface area contributed by atoms with Crippen molar-refractivity contribution in [2.24, 2.45) is 39.9 Å². The number of carbonyl (C=O) groups excluding carboxylic acids is 4. The van der Waals surface area contributed by atoms with Gasteiger partial charge in [-0.3, -0.25) is 9.59 Å². The predicted octanol–water partition coefficient (Wildman–Crippen LogP) is 3.11. The van der Waals surface area contributed by atoms with Gasteiger partial charge in [0.2, 0.25) is 0 Å². The van der Waals surface area contributed by atoms with Crippen LogP contribution in [0.3, 0.4) is 0 Å². The van der Waals surface area contributed by atoms with E-state index in [1.165, 1.54) is 7.11 Å². The van der Waals surface area contributed by atoms with Crippen molar-refractivity contribution in [1.82, 2.24) is 0 Å². The molecule has 0 unspecified atom stereocenters. The second kappa shape index (κ2) is 8.88. The zero-order valence-electron chi connectivity index (χ0n) is 20.0. The minimum absolute atomic E-state index is 0.153. The second-order valence-electron chi connectivity index (χ2n) is 11.0. The standard InChI is InChI=1S/C25H38O7/c1-6-8-18(28)32-21-19(29)20-23(2,3)11-7-12-24(20,4)17-10-9-15(22(30)31-5)16(13-26)25(17,21)14-27/h13-17,19-21,29H,6-12H2,1-5H3/t15-,16-,17-,19-,20+,21-,24-,25+/m1/s1. The van der Waals surface area contributed by atoms with E-state index in [-0.39, 0.29) is 23.7 Å². The van der Waals surface area contributed by atoms with Crippen molar-refractivity contribution < 1.29 is 33.8 Å². The van der Waals surface area contributed by atoms with E-state index in [4.69, 9.17) is 9.47 Å². The first-order chi connectivity index (χ1) is 15.0. The highest BCUT2D eigenvalue weighted by Crippen LogP contribution is 2.69. The number of carbonyl (C=O) groups is 4. The van der Waals surface area contributed by atoms with Gasteiger partial charge in [-0.25, -0.2) is 0 Å². The molecule has 3 saturated carbocycles. The van der Waals surface area contributed by atoms with Gasteiger partial charge in [0.25, 0.3) is 0 Å². The number of aliphatic hydroxyl groups excluding tert-OH is 1. The summed E-state index contributed by atoms with van der Waals surface area (Å²) in [5, 5.41) is 11.7. The first-order valence-electron chi connectivity index (χ1n) is 11.9. The molecular weight excluding hydrogens is 412 g/mol. The lowest BCUT2D eigenvalue weighted by molar-refractivity contribution is -0.265. The van der Waals surface area contributed by atoms with Crippen LogP contribution in [0.5, 0.6) is 0 Å². The van der Waals surface area contributed by atoms with Crippen LogP contribution >= 0.6 is 0 Å². The highest BCUT2D eigenvalue weighted by atomic mass is 16.6. The number of hydrogen-bond acceptors (Lipinski definition) is 7. The van der Waals surface area contributed by atoms with Crippen LogP contribution in [0.4, 0.5) is 0 Å². The summed E-state index contributed by atoms with van der Waals surface area (Å²) in [6.07, 6.45) is 3.41. The first kappa shape index (κ1) is 24.9. The maximum atomic E-state index is 13.0. The third-order valence-corrected chi connectivity index (χ3v) is 8.98. The summed E-state index contributed by atoms with van der Waals surface area (Å²) in [4.78, 5) is 50.7. The van der Waals surface area contributed by atoms with E-state index in [1.54, 1.807) is 0 Å². The van der Waals surface area contributed by atoms with Gasteiger partial charge in [-0.05, 0) is 54.8 Å². The minimum atomic E-state index is -1.47. The summed E-state index contributed by atoms with van der Waals surface area (Å²) in [6, 6.07) is 0. The highest BCUT2D eigenvalue weighted by molar-refractivity contribution is 5.82. The molecule has 0 aliphatic heterocycles. The quantitative estimate of drug-likeness (QED) is 0.489. The molecule has 7 heteroatoms. The summed E-state index contributed by atoms with van der Waals surface area (Å²) in [5.74, 6) is -3.39. The molecule has 7 nitrogen and oxygen atoms in total. The van der Waals surface area contributed by atoms with E-state index in [0.717, 1.165) is 19.3 Å². The molecule has 0 radical (unpaired) electrons. The number of rotatable bonds is 6. The Kier molecular flexibility index (Phi) is 6.90. The summed E-state index contributed by atoms with van der Waals surface area (Å²) >= 11 is 0. The van der Waals surface area contributed by atoms with Crippen molar-refractivity contribution in [3.05, 3.63) is 0 Å². The molecule has 0 heterocycles. The molecule has 3 aliphatic carbocycles. The van der Waals surface area contributed by atoms with Crippen molar-refractivity contribution in [2.45, 2.75) is 84.8 Å². The van der Waals surface area contributed by atoms with Gasteiger partial charge < -0.3 is 24.2 Å². The molecule has 0 spiro atoms. The minimum Gasteiger partial charge on any atom is -0.469 e. The summed E-state index contributed by atoms with van der Waals surface area (Å²) < 4.78 is 10.8. The highest BCUT2D eigenvalue weighted by Gasteiger charge is 2.72. The Labute approximate surface area is 190 Å². The van der Waals surface area contributed by atoms with Crippen molar-refractivity contribution in [3.8, 4) is 0 Å². The van der Waals surface area contributed by atoms with Crippen LogP contribution in [0.1, 0.15) is 72.6 Å². The van der Waals surface area contributed by atoms with E-state index < -0.39 is 46.8 Å². The molecule has 3 aliphatic rings. The Balaban J connectivity index is 2.22. The third kappa shape index (κ3) is 3.51. The average Bonchev–Trinajstić information content (AvgIpc) is 2.74. The Morgan fingerprint density at radius 3 is 2.38 bits per heavy atom. The number of esters is 2. The molecule has 0 aromatic rings. The van der Waals surface area contributed by atoms with Gasteiger partial charge in [0.15, 0.2) is 0 Å². The fraction of sp³-hybridized carbons (Fsp3) is 0.840. The zero-order chi connectivity index (χ0) is 23.9. The molecule has 3 rings (SSSR count). The van der Waals surface area contributed by atoms with Gasteiger partial charge in [0, 0.05) is 12.3 Å². The second-order valence-corrected chi connectivity index (χ2v) is 11.0. The Morgan fingerprint density at radius 2 is 1.81 bits per heavy atom. The average molecular weight is 451 g/mol. The van der Waals surface area contributed by atoms with Gasteiger partial charge in [0.05, 0.1) is 24.5 Å². The van der Waals surface area contributed by atoms with Gasteiger partial charge in [-0.2, -0.15) is 0 Å². The number of hydrogen-bond donors (Lipinski definition) is 1. The van der Waals surface area contributed by atoms with E-state index in [1.807, 2.05) is 6.92 Å². The lowest BCUT2D eigenvalue weighted by Crippen LogP contribution is -2.72. The van der Waals surface area contributed by atoms with Crippen molar-refractivity contribution in [3.63, 3.8) is 0 Å². The summed E-state index contributed by atoms with van der Waals surface area (Å²) in [7, 11) is 1.26. The lowest BCUT2D eigenvalue weighted by Gasteiger charge is -2.67. The fourth-order valence-electron chi connectivity index (χ4n) is 7.92. The van der Waals surface area contributed by atoms with Crippen molar-refractivity contribution in [1.29, 1.82) is 0 Å². The number of fused-ring (bicyclic) bond motifs is 3. The summed E-state index contributed by atoms with van der Waals surface area (Å²) in [6.45, 7) is 8.19. The Bertz CT molecular complexity index is 761. The first-order valence-corrected chi connectivity index (χ1v) is 11.9. The Morgan fingerprint density at radius 1 is 1.12 bits per heavy atom. The molecule has 0 aromatic heterocycles. The molecule has 3 fully saturated rings. The molecule has 0 aromatic carbocycles. The third-order valence-electron chi connectivity index (χ3n) is 8.98. The van der Waals surface area contributed by atoms with E-state index in [9.17, 15) is 24.3 Å². The Hall–Kier alpha value is -1.76. The smallest absolute Gasteiger partial charge is 0.309 e. The molecule has 1 N–H and O–H groups in total. The summed E-state index contributed by atoms with van der Waals surface area (Å²) in [5.41, 5.74) is -2.13. The fourth-order valence-corrected chi connectivity index (χ4v) is 7.92. The van der Waals surface area contributed by atoms with Crippen LogP contribution in [0.25, 0.3) is 0 Å². The number of ether oxygens (including phenoxy) is 2. The van der Waals surface area contributed by atoms with Gasteiger partial charge >= 0.3 is 11.9 Å². The number of aldehydes is 2. The normalized spacial score (nSPS) is 42.7. The van der Waals surface area contributed by atoms with Crippen LogP contribution in [-0.4, -0.2) is 48.9 Å². The monoisotopic (exact) mass is 450 g/mol. The molecule has 8 atom stereocenters. The van der Waals surface area contributed by atoms with Gasteiger partial charge in [0.1, 0.15) is 18.7 Å². The van der Waals surface area contributed by atoms with Crippen LogP contribution < -0.4 is 0 Å². The van der Waals surface area contributed by atoms with Crippen LogP contribution in [-0.2, 0) is 28.7 Å². The molecular formula is C25H38O7. The van der Waals surface area contributed by atoms with Crippen molar-refractivity contribution in [2.75, 3.05) is 7.11 Å². The van der Waals surface area contributed by atoms with Crippen molar-refractivity contribution >= 4 is 24.5 Å². The van der Waals surface area contributed by atoms with E-state index in [0.29, 0.717) is 31.8 Å². The topological polar surface area (TPSA) is 107 Å².